The van der Waals surface area contributed by atoms with E-state index in [-0.39, 0.29) is 0 Å². The summed E-state index contributed by atoms with van der Waals surface area (Å²) >= 11 is 0. The number of fused-ring (bicyclic) bond motifs is 1. The molecule has 1 N–H and O–H groups in total. The van der Waals surface area contributed by atoms with Crippen molar-refractivity contribution in [2.45, 2.75) is 70.4 Å². The molecule has 1 fully saturated rings. The van der Waals surface area contributed by atoms with Crippen molar-refractivity contribution < 1.29 is 4.42 Å². The number of rotatable bonds is 3. The van der Waals surface area contributed by atoms with E-state index in [9.17, 15) is 0 Å². The van der Waals surface area contributed by atoms with Gasteiger partial charge < -0.3 is 9.73 Å². The van der Waals surface area contributed by atoms with E-state index in [2.05, 4.69) is 18.3 Å². The maximum absolute atomic E-state index is 5.59. The first-order valence-electron chi connectivity index (χ1n) is 7.70. The maximum atomic E-state index is 5.59. The first-order chi connectivity index (χ1) is 8.88. The molecule has 2 aliphatic carbocycles. The van der Waals surface area contributed by atoms with Crippen LogP contribution in [0.3, 0.4) is 0 Å². The smallest absolute Gasteiger partial charge is 0.108 e. The molecule has 0 aliphatic heterocycles. The topological polar surface area (TPSA) is 25.2 Å². The van der Waals surface area contributed by atoms with E-state index in [0.717, 1.165) is 18.4 Å². The van der Waals surface area contributed by atoms with Gasteiger partial charge in [-0.25, -0.2) is 0 Å². The Hall–Kier alpha value is -0.760. The molecule has 3 atom stereocenters. The number of hydrogen-bond acceptors (Lipinski definition) is 2. The zero-order valence-corrected chi connectivity index (χ0v) is 11.5. The molecule has 2 heteroatoms. The quantitative estimate of drug-likeness (QED) is 0.865. The molecule has 18 heavy (non-hydrogen) atoms. The van der Waals surface area contributed by atoms with Crippen molar-refractivity contribution in [3.63, 3.8) is 0 Å². The summed E-state index contributed by atoms with van der Waals surface area (Å²) in [5.74, 6) is 2.11. The van der Waals surface area contributed by atoms with Crippen LogP contribution in [0.2, 0.25) is 0 Å². The van der Waals surface area contributed by atoms with Gasteiger partial charge in [0.25, 0.3) is 0 Å². The molecule has 0 radical (unpaired) electrons. The molecule has 3 rings (SSSR count). The molecule has 1 aromatic heterocycles. The summed E-state index contributed by atoms with van der Waals surface area (Å²) in [5.41, 5.74) is 1.43. The van der Waals surface area contributed by atoms with Gasteiger partial charge in [-0.1, -0.05) is 26.2 Å². The monoisotopic (exact) mass is 247 g/mol. The summed E-state index contributed by atoms with van der Waals surface area (Å²) in [7, 11) is 0. The fraction of sp³-hybridized carbons (Fsp3) is 0.750. The van der Waals surface area contributed by atoms with Gasteiger partial charge in [0.2, 0.25) is 0 Å². The molecule has 100 valence electrons. The Bertz CT molecular complexity index is 384. The number of aryl methyl sites for hydroxylation is 1. The van der Waals surface area contributed by atoms with Gasteiger partial charge in [0.05, 0.1) is 6.26 Å². The van der Waals surface area contributed by atoms with Gasteiger partial charge in [0.15, 0.2) is 0 Å². The van der Waals surface area contributed by atoms with Gasteiger partial charge in [0.1, 0.15) is 5.76 Å². The molecule has 0 bridgehead atoms. The normalized spacial score (nSPS) is 32.2. The maximum Gasteiger partial charge on any atom is 0.108 e. The lowest BCUT2D eigenvalue weighted by molar-refractivity contribution is 0.227. The minimum atomic E-state index is 0.546. The van der Waals surface area contributed by atoms with Crippen LogP contribution in [0.5, 0.6) is 0 Å². The van der Waals surface area contributed by atoms with Crippen molar-refractivity contribution in [2.75, 3.05) is 0 Å². The molecule has 2 nitrogen and oxygen atoms in total. The van der Waals surface area contributed by atoms with Crippen LogP contribution in [0, 0.1) is 5.92 Å². The Balaban J connectivity index is 1.69. The third-order valence-corrected chi connectivity index (χ3v) is 4.90. The van der Waals surface area contributed by atoms with E-state index < -0.39 is 0 Å². The lowest BCUT2D eigenvalue weighted by Gasteiger charge is -2.36. The molecule has 3 unspecified atom stereocenters. The second-order valence-corrected chi connectivity index (χ2v) is 5.97. The highest BCUT2D eigenvalue weighted by atomic mass is 16.3. The minimum absolute atomic E-state index is 0.546. The van der Waals surface area contributed by atoms with Crippen LogP contribution in [0.1, 0.15) is 69.2 Å². The van der Waals surface area contributed by atoms with Gasteiger partial charge in [-0.3, -0.25) is 0 Å². The SMILES string of the molecule is CCC1CCCCC1NC1CCCc2occc21. The largest absolute Gasteiger partial charge is 0.469 e. The minimum Gasteiger partial charge on any atom is -0.469 e. The Morgan fingerprint density at radius 1 is 1.22 bits per heavy atom. The van der Waals surface area contributed by atoms with Crippen LogP contribution in [0.15, 0.2) is 16.7 Å². The van der Waals surface area contributed by atoms with E-state index in [4.69, 9.17) is 4.42 Å². The number of nitrogens with one attached hydrogen (secondary N) is 1. The van der Waals surface area contributed by atoms with Crippen LogP contribution in [-0.4, -0.2) is 6.04 Å². The van der Waals surface area contributed by atoms with E-state index in [1.54, 1.807) is 0 Å². The average molecular weight is 247 g/mol. The second-order valence-electron chi connectivity index (χ2n) is 5.97. The lowest BCUT2D eigenvalue weighted by atomic mass is 9.81. The van der Waals surface area contributed by atoms with E-state index in [0.29, 0.717) is 6.04 Å². The molecule has 0 aromatic carbocycles. The van der Waals surface area contributed by atoms with Gasteiger partial charge in [0, 0.05) is 24.1 Å². The third-order valence-electron chi connectivity index (χ3n) is 4.90. The predicted molar refractivity (Wildman–Crippen MR) is 73.6 cm³/mol. The van der Waals surface area contributed by atoms with Crippen LogP contribution in [0.25, 0.3) is 0 Å². The average Bonchev–Trinajstić information content (AvgIpc) is 2.89. The second kappa shape index (κ2) is 5.48. The standard InChI is InChI=1S/C16H25NO/c1-2-12-6-3-4-7-14(12)17-15-8-5-9-16-13(15)10-11-18-16/h10-12,14-15,17H,2-9H2,1H3. The predicted octanol–water partition coefficient (Wildman–Crippen LogP) is 4.22. The number of hydrogen-bond donors (Lipinski definition) is 1. The fourth-order valence-electron chi connectivity index (χ4n) is 3.83. The zero-order valence-electron chi connectivity index (χ0n) is 11.5. The van der Waals surface area contributed by atoms with E-state index >= 15 is 0 Å². The van der Waals surface area contributed by atoms with Crippen LogP contribution in [-0.2, 0) is 6.42 Å². The first-order valence-corrected chi connectivity index (χ1v) is 7.70. The molecular formula is C16H25NO. The van der Waals surface area contributed by atoms with Crippen molar-refractivity contribution in [2.24, 2.45) is 5.92 Å². The molecular weight excluding hydrogens is 222 g/mol. The van der Waals surface area contributed by atoms with E-state index in [1.165, 1.54) is 56.3 Å². The Kier molecular flexibility index (Phi) is 3.74. The highest BCUT2D eigenvalue weighted by molar-refractivity contribution is 5.24. The zero-order chi connectivity index (χ0) is 12.4. The van der Waals surface area contributed by atoms with Gasteiger partial charge in [-0.2, -0.15) is 0 Å². The van der Waals surface area contributed by atoms with Crippen LogP contribution < -0.4 is 5.32 Å². The van der Waals surface area contributed by atoms with Crippen molar-refractivity contribution in [1.82, 2.24) is 5.32 Å². The van der Waals surface area contributed by atoms with Gasteiger partial charge in [-0.15, -0.1) is 0 Å². The molecule has 0 saturated heterocycles. The summed E-state index contributed by atoms with van der Waals surface area (Å²) in [4.78, 5) is 0. The molecule has 0 amide bonds. The van der Waals surface area contributed by atoms with Crippen LogP contribution >= 0.6 is 0 Å². The van der Waals surface area contributed by atoms with Crippen molar-refractivity contribution >= 4 is 0 Å². The summed E-state index contributed by atoms with van der Waals surface area (Å²) in [6.07, 6.45) is 12.5. The molecule has 2 aliphatic rings. The molecule has 1 saturated carbocycles. The summed E-state index contributed by atoms with van der Waals surface area (Å²) in [6, 6.07) is 3.45. The Morgan fingerprint density at radius 3 is 3.00 bits per heavy atom. The molecule has 1 aromatic rings. The van der Waals surface area contributed by atoms with Gasteiger partial charge in [-0.05, 0) is 37.7 Å². The number of furan rings is 1. The molecule has 1 heterocycles. The van der Waals surface area contributed by atoms with Crippen molar-refractivity contribution in [1.29, 1.82) is 0 Å². The van der Waals surface area contributed by atoms with Crippen molar-refractivity contribution in [3.8, 4) is 0 Å². The van der Waals surface area contributed by atoms with Gasteiger partial charge >= 0.3 is 0 Å². The fourth-order valence-corrected chi connectivity index (χ4v) is 3.83. The highest BCUT2D eigenvalue weighted by Crippen LogP contribution is 2.34. The van der Waals surface area contributed by atoms with Crippen LogP contribution in [0.4, 0.5) is 0 Å². The first kappa shape index (κ1) is 12.3. The highest BCUT2D eigenvalue weighted by Gasteiger charge is 2.29. The molecule has 0 spiro atoms. The third kappa shape index (κ3) is 2.35. The van der Waals surface area contributed by atoms with E-state index in [1.807, 2.05) is 6.26 Å². The summed E-state index contributed by atoms with van der Waals surface area (Å²) < 4.78 is 5.59. The van der Waals surface area contributed by atoms with Crippen molar-refractivity contribution in [3.05, 3.63) is 23.7 Å². The lowest BCUT2D eigenvalue weighted by Crippen LogP contribution is -2.41. The Morgan fingerprint density at radius 2 is 2.11 bits per heavy atom. The summed E-state index contributed by atoms with van der Waals surface area (Å²) in [6.45, 7) is 2.34. The Labute approximate surface area is 110 Å². The summed E-state index contributed by atoms with van der Waals surface area (Å²) in [5, 5.41) is 3.94.